The molecule has 0 aliphatic heterocycles. The molecular formula is C29H28FNO5S. The zero-order valence-corrected chi connectivity index (χ0v) is 21.4. The lowest BCUT2D eigenvalue weighted by Crippen LogP contribution is -2.11. The summed E-state index contributed by atoms with van der Waals surface area (Å²) < 4.78 is 30.2. The number of nitrogens with zero attached hydrogens (tertiary/aromatic N) is 1. The standard InChI is InChI=1S/C29H28FNO5S/c1-2-3-4-5-6-7-18-34-23-12-14-24(15-13-23)35-28(32)21-8-10-22(11-9-21)29(33)36-25-16-17-27(37-20-31)26(30)19-25/h8-17,19H,2-7,18H2,1H3. The molecule has 0 heterocycles. The minimum atomic E-state index is -0.712. The Bertz CT molecular complexity index is 1220. The van der Waals surface area contributed by atoms with Gasteiger partial charge in [0.25, 0.3) is 0 Å². The molecule has 0 aromatic heterocycles. The SMILES string of the molecule is CCCCCCCCOc1ccc(OC(=O)c2ccc(C(=O)Oc3ccc(SC#N)c(F)c3)cc2)cc1. The number of halogens is 1. The van der Waals surface area contributed by atoms with E-state index in [1.54, 1.807) is 29.7 Å². The lowest BCUT2D eigenvalue weighted by atomic mass is 10.1. The number of unbranched alkanes of at least 4 members (excludes halogenated alkanes) is 5. The first-order chi connectivity index (χ1) is 18.0. The zero-order chi connectivity index (χ0) is 26.5. The van der Waals surface area contributed by atoms with Gasteiger partial charge in [-0.05, 0) is 78.8 Å². The lowest BCUT2D eigenvalue weighted by molar-refractivity contribution is 0.0720. The third-order valence-electron chi connectivity index (χ3n) is 5.43. The van der Waals surface area contributed by atoms with Crippen LogP contribution in [0, 0.1) is 16.5 Å². The van der Waals surface area contributed by atoms with Crippen LogP contribution in [0.1, 0.15) is 66.2 Å². The quantitative estimate of drug-likeness (QED) is 0.0753. The maximum atomic E-state index is 13.9. The summed E-state index contributed by atoms with van der Waals surface area (Å²) in [6.07, 6.45) is 7.17. The van der Waals surface area contributed by atoms with Crippen LogP contribution in [0.4, 0.5) is 4.39 Å². The van der Waals surface area contributed by atoms with Crippen LogP contribution >= 0.6 is 11.8 Å². The molecule has 3 rings (SSSR count). The predicted octanol–water partition coefficient (Wildman–Crippen LogP) is 7.58. The predicted molar refractivity (Wildman–Crippen MR) is 140 cm³/mol. The minimum absolute atomic E-state index is 0.00711. The van der Waals surface area contributed by atoms with E-state index in [1.807, 2.05) is 0 Å². The minimum Gasteiger partial charge on any atom is -0.494 e. The number of esters is 2. The van der Waals surface area contributed by atoms with Crippen molar-refractivity contribution < 1.29 is 28.2 Å². The van der Waals surface area contributed by atoms with E-state index < -0.39 is 17.8 Å². The molecule has 0 N–H and O–H groups in total. The number of ether oxygens (including phenoxy) is 3. The summed E-state index contributed by atoms with van der Waals surface area (Å²) in [4.78, 5) is 25.0. The Morgan fingerprint density at radius 2 is 1.32 bits per heavy atom. The Labute approximate surface area is 220 Å². The van der Waals surface area contributed by atoms with E-state index in [0.717, 1.165) is 24.7 Å². The number of hydrogen-bond acceptors (Lipinski definition) is 7. The van der Waals surface area contributed by atoms with Crippen molar-refractivity contribution in [2.45, 2.75) is 50.3 Å². The zero-order valence-electron chi connectivity index (χ0n) is 20.6. The highest BCUT2D eigenvalue weighted by molar-refractivity contribution is 8.03. The normalized spacial score (nSPS) is 10.4. The van der Waals surface area contributed by atoms with Gasteiger partial charge in [0, 0.05) is 6.07 Å². The van der Waals surface area contributed by atoms with Gasteiger partial charge in [-0.3, -0.25) is 0 Å². The maximum absolute atomic E-state index is 13.9. The third-order valence-corrected chi connectivity index (χ3v) is 6.07. The molecule has 8 heteroatoms. The van der Waals surface area contributed by atoms with Crippen molar-refractivity contribution in [3.63, 3.8) is 0 Å². The van der Waals surface area contributed by atoms with Gasteiger partial charge >= 0.3 is 11.9 Å². The average molecular weight is 522 g/mol. The molecule has 0 atom stereocenters. The molecule has 0 saturated heterocycles. The monoisotopic (exact) mass is 521 g/mol. The number of carbonyl (C=O) groups excluding carboxylic acids is 2. The number of nitriles is 1. The molecule has 0 spiro atoms. The fourth-order valence-electron chi connectivity index (χ4n) is 3.43. The van der Waals surface area contributed by atoms with Crippen LogP contribution in [0.15, 0.2) is 71.6 Å². The summed E-state index contributed by atoms with van der Waals surface area (Å²) in [6.45, 7) is 2.85. The number of carbonyl (C=O) groups is 2. The highest BCUT2D eigenvalue weighted by Gasteiger charge is 2.14. The van der Waals surface area contributed by atoms with Crippen molar-refractivity contribution in [1.82, 2.24) is 0 Å². The molecule has 192 valence electrons. The van der Waals surface area contributed by atoms with Gasteiger partial charge in [0.1, 0.15) is 28.5 Å². The van der Waals surface area contributed by atoms with Crippen molar-refractivity contribution in [3.8, 4) is 22.6 Å². The molecule has 3 aromatic rings. The first kappa shape index (κ1) is 27.8. The first-order valence-corrected chi connectivity index (χ1v) is 12.9. The van der Waals surface area contributed by atoms with Gasteiger partial charge in [-0.1, -0.05) is 39.0 Å². The molecule has 0 unspecified atom stereocenters. The van der Waals surface area contributed by atoms with E-state index in [2.05, 4.69) is 6.92 Å². The van der Waals surface area contributed by atoms with Gasteiger partial charge in [0.05, 0.1) is 22.6 Å². The molecule has 0 radical (unpaired) electrons. The van der Waals surface area contributed by atoms with Gasteiger partial charge in [-0.15, -0.1) is 0 Å². The van der Waals surface area contributed by atoms with Crippen LogP contribution < -0.4 is 14.2 Å². The number of benzene rings is 3. The van der Waals surface area contributed by atoms with Gasteiger partial charge in [-0.2, -0.15) is 5.26 Å². The second-order valence-electron chi connectivity index (χ2n) is 8.23. The lowest BCUT2D eigenvalue weighted by Gasteiger charge is -2.09. The van der Waals surface area contributed by atoms with Gasteiger partial charge in [0.2, 0.25) is 0 Å². The summed E-state index contributed by atoms with van der Waals surface area (Å²) in [5.41, 5.74) is 0.433. The highest BCUT2D eigenvalue weighted by Crippen LogP contribution is 2.25. The smallest absolute Gasteiger partial charge is 0.343 e. The maximum Gasteiger partial charge on any atom is 0.343 e. The van der Waals surface area contributed by atoms with Crippen LogP contribution in [-0.2, 0) is 0 Å². The van der Waals surface area contributed by atoms with Crippen LogP contribution in [0.5, 0.6) is 17.2 Å². The largest absolute Gasteiger partial charge is 0.494 e. The molecule has 0 amide bonds. The van der Waals surface area contributed by atoms with Crippen LogP contribution in [-0.4, -0.2) is 18.5 Å². The molecule has 3 aromatic carbocycles. The number of hydrogen-bond donors (Lipinski definition) is 0. The molecule has 0 fully saturated rings. The molecule has 6 nitrogen and oxygen atoms in total. The molecule has 37 heavy (non-hydrogen) atoms. The van der Waals surface area contributed by atoms with E-state index in [4.69, 9.17) is 19.5 Å². The van der Waals surface area contributed by atoms with Crippen molar-refractivity contribution >= 4 is 23.7 Å². The van der Waals surface area contributed by atoms with Crippen LogP contribution in [0.2, 0.25) is 0 Å². The number of rotatable bonds is 13. The summed E-state index contributed by atoms with van der Waals surface area (Å²) in [5.74, 6) is -0.847. The van der Waals surface area contributed by atoms with Crippen LogP contribution in [0.25, 0.3) is 0 Å². The van der Waals surface area contributed by atoms with Gasteiger partial charge in [0.15, 0.2) is 0 Å². The molecular weight excluding hydrogens is 493 g/mol. The Hall–Kier alpha value is -3.83. The summed E-state index contributed by atoms with van der Waals surface area (Å²) in [6, 6.07) is 16.4. The molecule has 0 saturated carbocycles. The van der Waals surface area contributed by atoms with E-state index in [9.17, 15) is 14.0 Å². The van der Waals surface area contributed by atoms with Gasteiger partial charge in [-0.25, -0.2) is 14.0 Å². The second kappa shape index (κ2) is 14.7. The average Bonchev–Trinajstić information content (AvgIpc) is 2.91. The second-order valence-corrected chi connectivity index (χ2v) is 9.06. The summed E-state index contributed by atoms with van der Waals surface area (Å²) in [7, 11) is 0. The van der Waals surface area contributed by atoms with Crippen LogP contribution in [0.3, 0.4) is 0 Å². The molecule has 0 bridgehead atoms. The van der Waals surface area contributed by atoms with E-state index in [1.165, 1.54) is 62.1 Å². The van der Waals surface area contributed by atoms with Crippen molar-refractivity contribution in [1.29, 1.82) is 5.26 Å². The highest BCUT2D eigenvalue weighted by atomic mass is 32.2. The van der Waals surface area contributed by atoms with E-state index in [0.29, 0.717) is 24.1 Å². The van der Waals surface area contributed by atoms with Gasteiger partial charge < -0.3 is 14.2 Å². The molecule has 0 aliphatic rings. The van der Waals surface area contributed by atoms with Crippen molar-refractivity contribution in [2.24, 2.45) is 0 Å². The topological polar surface area (TPSA) is 85.6 Å². The van der Waals surface area contributed by atoms with Crippen molar-refractivity contribution in [3.05, 3.63) is 83.7 Å². The Kier molecular flexibility index (Phi) is 11.0. The first-order valence-electron chi connectivity index (χ1n) is 12.1. The third kappa shape index (κ3) is 8.96. The Morgan fingerprint density at radius 1 is 0.784 bits per heavy atom. The summed E-state index contributed by atoms with van der Waals surface area (Å²) >= 11 is 0.678. The van der Waals surface area contributed by atoms with E-state index in [-0.39, 0.29) is 21.8 Å². The summed E-state index contributed by atoms with van der Waals surface area (Å²) in [5, 5.41) is 10.4. The number of thioether (sulfide) groups is 1. The Morgan fingerprint density at radius 3 is 1.92 bits per heavy atom. The number of thiocyanates is 1. The van der Waals surface area contributed by atoms with E-state index >= 15 is 0 Å². The molecule has 0 aliphatic carbocycles. The fraction of sp³-hybridized carbons (Fsp3) is 0.276. The Balaban J connectivity index is 1.47. The fourth-order valence-corrected chi connectivity index (χ4v) is 3.82. The van der Waals surface area contributed by atoms with Crippen molar-refractivity contribution in [2.75, 3.05) is 6.61 Å².